The fraction of sp³-hybridized carbons (Fsp3) is 0. The zero-order valence-electron chi connectivity index (χ0n) is 7.84. The summed E-state index contributed by atoms with van der Waals surface area (Å²) >= 11 is 0. The Kier molecular flexibility index (Phi) is 3.42. The second-order valence-corrected chi connectivity index (χ2v) is 3.75. The number of benzene rings is 1. The molecule has 0 atom stereocenters. The molecule has 0 radical (unpaired) electrons. The van der Waals surface area contributed by atoms with Crippen LogP contribution < -0.4 is 14.3 Å². The molecule has 11 heteroatoms. The van der Waals surface area contributed by atoms with Crippen molar-refractivity contribution < 1.29 is 28.7 Å². The first-order chi connectivity index (χ1) is 7.72. The van der Waals surface area contributed by atoms with Gasteiger partial charge in [0.05, 0.1) is 9.85 Å². The molecular formula is C6H3N2O8P-2. The van der Waals surface area contributed by atoms with E-state index in [1.807, 2.05) is 0 Å². The lowest BCUT2D eigenvalue weighted by Crippen LogP contribution is -2.19. The second-order valence-electron chi connectivity index (χ2n) is 2.68. The lowest BCUT2D eigenvalue weighted by atomic mass is 10.2. The van der Waals surface area contributed by atoms with E-state index in [0.29, 0.717) is 0 Å². The number of nitro benzene ring substituents is 2. The van der Waals surface area contributed by atoms with Gasteiger partial charge in [-0.15, -0.1) is 0 Å². The van der Waals surface area contributed by atoms with Crippen LogP contribution in [0, 0.1) is 20.2 Å². The van der Waals surface area contributed by atoms with Crippen LogP contribution in [0.4, 0.5) is 11.4 Å². The van der Waals surface area contributed by atoms with Crippen molar-refractivity contribution >= 4 is 19.2 Å². The van der Waals surface area contributed by atoms with E-state index in [4.69, 9.17) is 0 Å². The monoisotopic (exact) mass is 262 g/mol. The molecule has 0 unspecified atom stereocenters. The van der Waals surface area contributed by atoms with Gasteiger partial charge in [-0.2, -0.15) is 0 Å². The van der Waals surface area contributed by atoms with E-state index in [2.05, 4.69) is 4.52 Å². The summed E-state index contributed by atoms with van der Waals surface area (Å²) in [7, 11) is -5.53. The SMILES string of the molecule is O=[N+]([O-])c1cccc(OP(=O)([O-])[O-])c1[N+](=O)[O-]. The number of hydrogen-bond acceptors (Lipinski definition) is 8. The summed E-state index contributed by atoms with van der Waals surface area (Å²) in [6.07, 6.45) is 0. The van der Waals surface area contributed by atoms with Crippen molar-refractivity contribution in [1.29, 1.82) is 0 Å². The molecule has 0 bridgehead atoms. The minimum atomic E-state index is -5.53. The largest absolute Gasteiger partial charge is 0.780 e. The Bertz CT molecular complexity index is 523. The molecule has 0 N–H and O–H groups in total. The molecule has 0 saturated carbocycles. The Morgan fingerprint density at radius 2 is 1.71 bits per heavy atom. The molecule has 1 rings (SSSR count). The van der Waals surface area contributed by atoms with Gasteiger partial charge in [0, 0.05) is 6.07 Å². The van der Waals surface area contributed by atoms with E-state index in [0.717, 1.165) is 18.2 Å². The zero-order valence-corrected chi connectivity index (χ0v) is 8.73. The summed E-state index contributed by atoms with van der Waals surface area (Å²) < 4.78 is 14.1. The smallest absolute Gasteiger partial charge is 0.387 e. The molecular weight excluding hydrogens is 259 g/mol. The minimum absolute atomic E-state index is 0.771. The third kappa shape index (κ3) is 3.21. The van der Waals surface area contributed by atoms with Gasteiger partial charge in [0.15, 0.2) is 0 Å². The standard InChI is InChI=1S/C6H5N2O8P/c9-7(10)4-2-1-3-5(6(4)8(11)12)16-17(13,14)15/h1-3H,(H2,13,14,15)/p-2. The lowest BCUT2D eigenvalue weighted by Gasteiger charge is -2.28. The van der Waals surface area contributed by atoms with E-state index in [1.165, 1.54) is 0 Å². The van der Waals surface area contributed by atoms with Crippen molar-refractivity contribution in [1.82, 2.24) is 0 Å². The molecule has 0 aliphatic heterocycles. The average Bonchev–Trinajstić information content (AvgIpc) is 2.14. The molecule has 0 heterocycles. The van der Waals surface area contributed by atoms with Crippen LogP contribution in [0.1, 0.15) is 0 Å². The maximum atomic E-state index is 10.6. The van der Waals surface area contributed by atoms with Gasteiger partial charge in [-0.25, -0.2) is 0 Å². The normalized spacial score (nSPS) is 10.9. The molecule has 0 amide bonds. The maximum absolute atomic E-state index is 10.6. The Labute approximate surface area is 93.0 Å². The summed E-state index contributed by atoms with van der Waals surface area (Å²) in [6, 6.07) is 2.51. The molecule has 0 saturated heterocycles. The molecule has 0 fully saturated rings. The topological polar surface area (TPSA) is 159 Å². The first-order valence-corrected chi connectivity index (χ1v) is 5.32. The molecule has 0 spiro atoms. The van der Waals surface area contributed by atoms with Gasteiger partial charge >= 0.3 is 11.4 Å². The molecule has 1 aromatic carbocycles. The summed E-state index contributed by atoms with van der Waals surface area (Å²) in [6.45, 7) is 0. The van der Waals surface area contributed by atoms with Crippen molar-refractivity contribution in [3.8, 4) is 5.75 Å². The number of rotatable bonds is 4. The van der Waals surface area contributed by atoms with E-state index < -0.39 is 34.8 Å². The number of para-hydroxylation sites is 1. The minimum Gasteiger partial charge on any atom is -0.780 e. The van der Waals surface area contributed by atoms with Crippen LogP contribution in [0.25, 0.3) is 0 Å². The van der Waals surface area contributed by atoms with E-state index in [-0.39, 0.29) is 0 Å². The number of nitro groups is 2. The second kappa shape index (κ2) is 4.45. The first kappa shape index (κ1) is 13.0. The van der Waals surface area contributed by atoms with Crippen LogP contribution in [-0.2, 0) is 4.57 Å². The Hall–Kier alpha value is -2.03. The average molecular weight is 262 g/mol. The Morgan fingerprint density at radius 3 is 2.12 bits per heavy atom. The molecule has 10 nitrogen and oxygen atoms in total. The number of phosphoric acid groups is 1. The van der Waals surface area contributed by atoms with Crippen LogP contribution in [0.3, 0.4) is 0 Å². The quantitative estimate of drug-likeness (QED) is 0.406. The third-order valence-electron chi connectivity index (χ3n) is 1.57. The van der Waals surface area contributed by atoms with Crippen LogP contribution in [-0.4, -0.2) is 9.85 Å². The fourth-order valence-electron chi connectivity index (χ4n) is 1.04. The summed E-state index contributed by atoms with van der Waals surface area (Å²) in [5, 5.41) is 21.0. The van der Waals surface area contributed by atoms with Crippen molar-refractivity contribution in [2.24, 2.45) is 0 Å². The van der Waals surface area contributed by atoms with Gasteiger partial charge < -0.3 is 18.9 Å². The fourth-order valence-corrected chi connectivity index (χ4v) is 1.42. The maximum Gasteiger partial charge on any atom is 0.387 e. The lowest BCUT2D eigenvalue weighted by molar-refractivity contribution is -0.423. The van der Waals surface area contributed by atoms with Crippen molar-refractivity contribution in [3.63, 3.8) is 0 Å². The van der Waals surface area contributed by atoms with Crippen molar-refractivity contribution in [3.05, 3.63) is 38.4 Å². The van der Waals surface area contributed by atoms with Crippen molar-refractivity contribution in [2.75, 3.05) is 0 Å². The van der Waals surface area contributed by atoms with E-state index in [1.54, 1.807) is 0 Å². The Morgan fingerprint density at radius 1 is 1.12 bits per heavy atom. The molecule has 17 heavy (non-hydrogen) atoms. The molecule has 92 valence electrons. The van der Waals surface area contributed by atoms with Gasteiger partial charge in [-0.05, 0) is 6.07 Å². The highest BCUT2D eigenvalue weighted by Crippen LogP contribution is 2.41. The van der Waals surface area contributed by atoms with Crippen LogP contribution in [0.5, 0.6) is 5.75 Å². The van der Waals surface area contributed by atoms with Gasteiger partial charge in [0.2, 0.25) is 5.75 Å². The van der Waals surface area contributed by atoms with Gasteiger partial charge in [0.25, 0.3) is 0 Å². The van der Waals surface area contributed by atoms with E-state index >= 15 is 0 Å². The van der Waals surface area contributed by atoms with Crippen molar-refractivity contribution in [2.45, 2.75) is 0 Å². The molecule has 0 aromatic heterocycles. The number of phosphoric ester groups is 1. The van der Waals surface area contributed by atoms with Gasteiger partial charge in [-0.3, -0.25) is 20.2 Å². The van der Waals surface area contributed by atoms with Crippen LogP contribution in [0.2, 0.25) is 0 Å². The third-order valence-corrected chi connectivity index (χ3v) is 1.99. The highest BCUT2D eigenvalue weighted by Gasteiger charge is 2.29. The Balaban J connectivity index is 3.40. The number of hydrogen-bond donors (Lipinski definition) is 0. The summed E-state index contributed by atoms with van der Waals surface area (Å²) in [5.41, 5.74) is -2.16. The predicted molar refractivity (Wildman–Crippen MR) is 48.0 cm³/mol. The summed E-state index contributed by atoms with van der Waals surface area (Å²) in [4.78, 5) is 39.4. The van der Waals surface area contributed by atoms with Gasteiger partial charge in [-0.1, -0.05) is 6.07 Å². The van der Waals surface area contributed by atoms with Crippen LogP contribution >= 0.6 is 7.82 Å². The number of nitrogens with zero attached hydrogens (tertiary/aromatic N) is 2. The highest BCUT2D eigenvalue weighted by atomic mass is 31.2. The molecule has 1 aromatic rings. The van der Waals surface area contributed by atoms with E-state index in [9.17, 15) is 34.6 Å². The molecule has 0 aliphatic carbocycles. The van der Waals surface area contributed by atoms with Crippen LogP contribution in [0.15, 0.2) is 18.2 Å². The first-order valence-electron chi connectivity index (χ1n) is 3.86. The molecule has 0 aliphatic rings. The predicted octanol–water partition coefficient (Wildman–Crippen LogP) is -0.290. The highest BCUT2D eigenvalue weighted by molar-refractivity contribution is 7.43. The summed E-state index contributed by atoms with van der Waals surface area (Å²) in [5.74, 6) is -0.988. The van der Waals surface area contributed by atoms with Gasteiger partial charge in [0.1, 0.15) is 7.82 Å². The zero-order chi connectivity index (χ0) is 13.2.